The molecule has 0 N–H and O–H groups in total. The molecule has 1 aromatic carbocycles. The van der Waals surface area contributed by atoms with Crippen LogP contribution in [-0.4, -0.2) is 25.2 Å². The van der Waals surface area contributed by atoms with Gasteiger partial charge in [-0.3, -0.25) is 9.59 Å². The van der Waals surface area contributed by atoms with Gasteiger partial charge < -0.3 is 9.47 Å². The van der Waals surface area contributed by atoms with Crippen LogP contribution < -0.4 is 0 Å². The summed E-state index contributed by atoms with van der Waals surface area (Å²) in [5, 5.41) is 0. The molecule has 0 bridgehead atoms. The number of carbonyl (C=O) groups excluding carboxylic acids is 2. The zero-order valence-electron chi connectivity index (χ0n) is 9.64. The van der Waals surface area contributed by atoms with Crippen molar-refractivity contribution >= 4 is 11.9 Å². The fourth-order valence-electron chi connectivity index (χ4n) is 2.06. The Labute approximate surface area is 99.5 Å². The lowest BCUT2D eigenvalue weighted by molar-refractivity contribution is -0.158. The van der Waals surface area contributed by atoms with Crippen LogP contribution >= 0.6 is 0 Å². The number of esters is 2. The van der Waals surface area contributed by atoms with E-state index in [1.54, 1.807) is 31.2 Å². The third-order valence-corrected chi connectivity index (χ3v) is 2.95. The van der Waals surface area contributed by atoms with E-state index in [2.05, 4.69) is 0 Å². The van der Waals surface area contributed by atoms with E-state index in [0.717, 1.165) is 0 Å². The fourth-order valence-corrected chi connectivity index (χ4v) is 2.06. The SMILES string of the molecule is CCOC(=O)[C@]1(c2ccccc2)CCOC1=O. The minimum absolute atomic E-state index is 0.251. The van der Waals surface area contributed by atoms with E-state index < -0.39 is 17.4 Å². The second-order valence-electron chi connectivity index (χ2n) is 3.88. The van der Waals surface area contributed by atoms with Gasteiger partial charge in [0, 0.05) is 6.42 Å². The molecule has 0 saturated carbocycles. The highest BCUT2D eigenvalue weighted by Gasteiger charge is 2.53. The summed E-state index contributed by atoms with van der Waals surface area (Å²) in [7, 11) is 0. The molecule has 1 aromatic rings. The lowest BCUT2D eigenvalue weighted by Gasteiger charge is -2.22. The highest BCUT2D eigenvalue weighted by Crippen LogP contribution is 2.35. The Morgan fingerprint density at radius 3 is 2.65 bits per heavy atom. The fraction of sp³-hybridized carbons (Fsp3) is 0.385. The summed E-state index contributed by atoms with van der Waals surface area (Å²) in [6, 6.07) is 8.93. The van der Waals surface area contributed by atoms with Gasteiger partial charge in [-0.1, -0.05) is 30.3 Å². The molecule has 0 aliphatic carbocycles. The lowest BCUT2D eigenvalue weighted by atomic mass is 9.79. The second kappa shape index (κ2) is 4.57. The van der Waals surface area contributed by atoms with Crippen LogP contribution in [-0.2, 0) is 24.5 Å². The number of ether oxygens (including phenoxy) is 2. The van der Waals surface area contributed by atoms with Crippen LogP contribution in [0.4, 0.5) is 0 Å². The first kappa shape index (κ1) is 11.6. The van der Waals surface area contributed by atoms with Crippen molar-refractivity contribution in [3.8, 4) is 0 Å². The molecule has 4 nitrogen and oxygen atoms in total. The summed E-state index contributed by atoms with van der Waals surface area (Å²) >= 11 is 0. The van der Waals surface area contributed by atoms with E-state index in [4.69, 9.17) is 9.47 Å². The predicted octanol–water partition coefficient (Wildman–Crippen LogP) is 1.43. The third-order valence-electron chi connectivity index (χ3n) is 2.95. The molecule has 1 aliphatic rings. The number of hydrogen-bond acceptors (Lipinski definition) is 4. The van der Waals surface area contributed by atoms with Crippen LogP contribution in [0.15, 0.2) is 30.3 Å². The second-order valence-corrected chi connectivity index (χ2v) is 3.88. The van der Waals surface area contributed by atoms with Crippen molar-refractivity contribution in [2.24, 2.45) is 0 Å². The molecule has 1 saturated heterocycles. The minimum atomic E-state index is -1.27. The van der Waals surface area contributed by atoms with Gasteiger partial charge in [-0.05, 0) is 12.5 Å². The standard InChI is InChI=1S/C13H14O4/c1-2-16-11(14)13(8-9-17-12(13)15)10-6-4-3-5-7-10/h3-7H,2,8-9H2,1H3/t13-/m1/s1. The first-order valence-electron chi connectivity index (χ1n) is 5.62. The highest BCUT2D eigenvalue weighted by atomic mass is 16.6. The molecular formula is C13H14O4. The van der Waals surface area contributed by atoms with Gasteiger partial charge in [0.15, 0.2) is 5.41 Å². The molecule has 1 heterocycles. The van der Waals surface area contributed by atoms with Gasteiger partial charge in [0.2, 0.25) is 0 Å². The van der Waals surface area contributed by atoms with Crippen LogP contribution in [0.25, 0.3) is 0 Å². The summed E-state index contributed by atoms with van der Waals surface area (Å²) in [5.41, 5.74) is -0.627. The minimum Gasteiger partial charge on any atom is -0.465 e. The molecule has 90 valence electrons. The smallest absolute Gasteiger partial charge is 0.328 e. The van der Waals surface area contributed by atoms with Crippen molar-refractivity contribution in [1.82, 2.24) is 0 Å². The van der Waals surface area contributed by atoms with Gasteiger partial charge in [-0.2, -0.15) is 0 Å². The molecule has 0 unspecified atom stereocenters. The van der Waals surface area contributed by atoms with Crippen molar-refractivity contribution < 1.29 is 19.1 Å². The van der Waals surface area contributed by atoms with Crippen LogP contribution in [0, 0.1) is 0 Å². The third kappa shape index (κ3) is 1.79. The van der Waals surface area contributed by atoms with Gasteiger partial charge in [0.25, 0.3) is 0 Å². The number of hydrogen-bond donors (Lipinski definition) is 0. The van der Waals surface area contributed by atoms with Gasteiger partial charge in [-0.15, -0.1) is 0 Å². The topological polar surface area (TPSA) is 52.6 Å². The first-order valence-corrected chi connectivity index (χ1v) is 5.62. The molecule has 1 aliphatic heterocycles. The summed E-state index contributed by atoms with van der Waals surface area (Å²) in [6.45, 7) is 2.23. The molecule has 1 fully saturated rings. The first-order chi connectivity index (χ1) is 8.21. The molecule has 0 amide bonds. The van der Waals surface area contributed by atoms with Crippen LogP contribution in [0.3, 0.4) is 0 Å². The molecule has 17 heavy (non-hydrogen) atoms. The number of cyclic esters (lactones) is 1. The summed E-state index contributed by atoms with van der Waals surface area (Å²) < 4.78 is 9.97. The average Bonchev–Trinajstić information content (AvgIpc) is 2.73. The van der Waals surface area contributed by atoms with Crippen molar-refractivity contribution in [3.63, 3.8) is 0 Å². The van der Waals surface area contributed by atoms with Gasteiger partial charge in [0.1, 0.15) is 0 Å². The maximum absolute atomic E-state index is 12.1. The summed E-state index contributed by atoms with van der Waals surface area (Å²) in [6.07, 6.45) is 0.342. The number of benzene rings is 1. The average molecular weight is 234 g/mol. The number of carbonyl (C=O) groups is 2. The number of rotatable bonds is 3. The summed E-state index contributed by atoms with van der Waals surface area (Å²) in [4.78, 5) is 23.9. The van der Waals surface area contributed by atoms with E-state index in [0.29, 0.717) is 12.0 Å². The molecule has 0 radical (unpaired) electrons. The van der Waals surface area contributed by atoms with Crippen molar-refractivity contribution in [1.29, 1.82) is 0 Å². The monoisotopic (exact) mass is 234 g/mol. The van der Waals surface area contributed by atoms with E-state index >= 15 is 0 Å². The van der Waals surface area contributed by atoms with Gasteiger partial charge >= 0.3 is 11.9 Å². The van der Waals surface area contributed by atoms with E-state index in [1.165, 1.54) is 0 Å². The predicted molar refractivity (Wildman–Crippen MR) is 60.3 cm³/mol. The van der Waals surface area contributed by atoms with Crippen LogP contribution in [0.5, 0.6) is 0 Å². The highest BCUT2D eigenvalue weighted by molar-refractivity contribution is 6.07. The Morgan fingerprint density at radius 1 is 1.41 bits per heavy atom. The zero-order chi connectivity index (χ0) is 12.3. The van der Waals surface area contributed by atoms with Crippen LogP contribution in [0.2, 0.25) is 0 Å². The Balaban J connectivity index is 2.45. The van der Waals surface area contributed by atoms with E-state index in [9.17, 15) is 9.59 Å². The molecule has 0 aromatic heterocycles. The zero-order valence-corrected chi connectivity index (χ0v) is 9.64. The van der Waals surface area contributed by atoms with E-state index in [-0.39, 0.29) is 13.2 Å². The molecule has 0 spiro atoms. The largest absolute Gasteiger partial charge is 0.465 e. The van der Waals surface area contributed by atoms with Crippen molar-refractivity contribution in [3.05, 3.63) is 35.9 Å². The van der Waals surface area contributed by atoms with E-state index in [1.807, 2.05) is 6.07 Å². The molecular weight excluding hydrogens is 220 g/mol. The quantitative estimate of drug-likeness (QED) is 0.586. The van der Waals surface area contributed by atoms with Gasteiger partial charge in [-0.25, -0.2) is 0 Å². The maximum Gasteiger partial charge on any atom is 0.328 e. The normalized spacial score (nSPS) is 23.2. The Bertz CT molecular complexity index is 426. The van der Waals surface area contributed by atoms with Gasteiger partial charge in [0.05, 0.1) is 13.2 Å². The Hall–Kier alpha value is -1.84. The molecule has 4 heteroatoms. The maximum atomic E-state index is 12.1. The summed E-state index contributed by atoms with van der Waals surface area (Å²) in [5.74, 6) is -1.03. The van der Waals surface area contributed by atoms with Crippen molar-refractivity contribution in [2.45, 2.75) is 18.8 Å². The molecule has 1 atom stereocenters. The Morgan fingerprint density at radius 2 is 2.12 bits per heavy atom. The van der Waals surface area contributed by atoms with Crippen LogP contribution in [0.1, 0.15) is 18.9 Å². The van der Waals surface area contributed by atoms with Crippen molar-refractivity contribution in [2.75, 3.05) is 13.2 Å². The lowest BCUT2D eigenvalue weighted by Crippen LogP contribution is -2.41. The molecule has 2 rings (SSSR count). The Kier molecular flexibility index (Phi) is 3.13.